The lowest BCUT2D eigenvalue weighted by Crippen LogP contribution is -2.38. The number of hydrogen-bond donors (Lipinski definition) is 2. The number of primary amides is 1. The van der Waals surface area contributed by atoms with E-state index in [0.29, 0.717) is 18.0 Å². The molecule has 0 aromatic heterocycles. The highest BCUT2D eigenvalue weighted by molar-refractivity contribution is 5.92. The molecule has 0 saturated heterocycles. The Labute approximate surface area is 126 Å². The van der Waals surface area contributed by atoms with Crippen molar-refractivity contribution >= 4 is 5.91 Å². The SMILES string of the molecule is CCCC1CCC(CN)C(Oc2ccc(C(N)=O)cc2)C1. The molecule has 0 aliphatic heterocycles. The van der Waals surface area contributed by atoms with Gasteiger partial charge in [-0.1, -0.05) is 19.8 Å². The van der Waals surface area contributed by atoms with Crippen molar-refractivity contribution in [1.82, 2.24) is 0 Å². The number of rotatable bonds is 6. The molecule has 4 N–H and O–H groups in total. The molecule has 4 heteroatoms. The minimum Gasteiger partial charge on any atom is -0.490 e. The standard InChI is InChI=1S/C17H26N2O2/c1-2-3-12-4-5-14(11-18)16(10-12)21-15-8-6-13(7-9-15)17(19)20/h6-9,12,14,16H,2-5,10-11,18H2,1H3,(H2,19,20). The number of amides is 1. The van der Waals surface area contributed by atoms with E-state index in [4.69, 9.17) is 16.2 Å². The zero-order valence-corrected chi connectivity index (χ0v) is 12.8. The Hall–Kier alpha value is -1.55. The Kier molecular flexibility index (Phi) is 5.62. The number of hydrogen-bond acceptors (Lipinski definition) is 3. The number of nitrogens with two attached hydrogens (primary N) is 2. The molecule has 1 aromatic carbocycles. The average Bonchev–Trinajstić information content (AvgIpc) is 2.48. The summed E-state index contributed by atoms with van der Waals surface area (Å²) in [4.78, 5) is 11.1. The van der Waals surface area contributed by atoms with E-state index in [0.717, 1.165) is 24.5 Å². The first kappa shape index (κ1) is 15.8. The Morgan fingerprint density at radius 2 is 2.00 bits per heavy atom. The predicted octanol–water partition coefficient (Wildman–Crippen LogP) is 2.71. The molecule has 0 heterocycles. The van der Waals surface area contributed by atoms with Crippen molar-refractivity contribution in [3.05, 3.63) is 29.8 Å². The fraction of sp³-hybridized carbons (Fsp3) is 0.588. The van der Waals surface area contributed by atoms with Gasteiger partial charge in [-0.25, -0.2) is 0 Å². The number of benzene rings is 1. The second-order valence-corrected chi connectivity index (χ2v) is 6.01. The van der Waals surface area contributed by atoms with Crippen LogP contribution in [0.25, 0.3) is 0 Å². The molecule has 1 amide bonds. The van der Waals surface area contributed by atoms with Gasteiger partial charge in [-0.3, -0.25) is 4.79 Å². The van der Waals surface area contributed by atoms with Crippen molar-refractivity contribution < 1.29 is 9.53 Å². The lowest BCUT2D eigenvalue weighted by atomic mass is 9.78. The molecule has 0 radical (unpaired) electrons. The summed E-state index contributed by atoms with van der Waals surface area (Å²) < 4.78 is 6.14. The van der Waals surface area contributed by atoms with Crippen LogP contribution in [0.1, 0.15) is 49.4 Å². The van der Waals surface area contributed by atoms with E-state index in [1.807, 2.05) is 12.1 Å². The van der Waals surface area contributed by atoms with Crippen LogP contribution in [0.15, 0.2) is 24.3 Å². The summed E-state index contributed by atoms with van der Waals surface area (Å²) in [6.45, 7) is 2.90. The quantitative estimate of drug-likeness (QED) is 0.845. The highest BCUT2D eigenvalue weighted by Crippen LogP contribution is 2.34. The molecule has 4 nitrogen and oxygen atoms in total. The van der Waals surface area contributed by atoms with E-state index in [1.54, 1.807) is 12.1 Å². The molecule has 0 bridgehead atoms. The van der Waals surface area contributed by atoms with Crippen LogP contribution < -0.4 is 16.2 Å². The highest BCUT2D eigenvalue weighted by atomic mass is 16.5. The molecule has 1 aromatic rings. The van der Waals surface area contributed by atoms with Crippen LogP contribution in [-0.4, -0.2) is 18.6 Å². The van der Waals surface area contributed by atoms with Crippen LogP contribution >= 0.6 is 0 Å². The molecule has 2 rings (SSSR count). The minimum absolute atomic E-state index is 0.180. The molecule has 1 saturated carbocycles. The van der Waals surface area contributed by atoms with Gasteiger partial charge in [-0.2, -0.15) is 0 Å². The Morgan fingerprint density at radius 3 is 2.57 bits per heavy atom. The van der Waals surface area contributed by atoms with Crippen molar-refractivity contribution in [2.75, 3.05) is 6.54 Å². The van der Waals surface area contributed by atoms with Crippen molar-refractivity contribution in [2.24, 2.45) is 23.3 Å². The number of carbonyl (C=O) groups excluding carboxylic acids is 1. The van der Waals surface area contributed by atoms with Gasteiger partial charge in [0.25, 0.3) is 0 Å². The third kappa shape index (κ3) is 4.21. The first-order valence-corrected chi connectivity index (χ1v) is 7.90. The monoisotopic (exact) mass is 290 g/mol. The van der Waals surface area contributed by atoms with Crippen LogP contribution in [-0.2, 0) is 0 Å². The first-order chi connectivity index (χ1) is 10.1. The maximum absolute atomic E-state index is 11.1. The first-order valence-electron chi connectivity index (χ1n) is 7.90. The third-order valence-electron chi connectivity index (χ3n) is 4.46. The van der Waals surface area contributed by atoms with E-state index < -0.39 is 5.91 Å². The third-order valence-corrected chi connectivity index (χ3v) is 4.46. The van der Waals surface area contributed by atoms with Gasteiger partial charge in [0.2, 0.25) is 5.91 Å². The van der Waals surface area contributed by atoms with Crippen LogP contribution in [0.5, 0.6) is 5.75 Å². The van der Waals surface area contributed by atoms with Crippen LogP contribution in [0.4, 0.5) is 0 Å². The molecule has 3 unspecified atom stereocenters. The second kappa shape index (κ2) is 7.46. The van der Waals surface area contributed by atoms with Gasteiger partial charge < -0.3 is 16.2 Å². The maximum atomic E-state index is 11.1. The highest BCUT2D eigenvalue weighted by Gasteiger charge is 2.30. The molecular formula is C17H26N2O2. The summed E-state index contributed by atoms with van der Waals surface area (Å²) in [5.41, 5.74) is 11.6. The van der Waals surface area contributed by atoms with Crippen LogP contribution in [0.2, 0.25) is 0 Å². The average molecular weight is 290 g/mol. The van der Waals surface area contributed by atoms with Gasteiger partial charge in [0, 0.05) is 11.5 Å². The molecule has 1 aliphatic carbocycles. The number of ether oxygens (including phenoxy) is 1. The van der Waals surface area contributed by atoms with Crippen LogP contribution in [0.3, 0.4) is 0 Å². The minimum atomic E-state index is -0.415. The van der Waals surface area contributed by atoms with Crippen molar-refractivity contribution in [3.63, 3.8) is 0 Å². The van der Waals surface area contributed by atoms with Gasteiger partial charge in [-0.05, 0) is 56.0 Å². The van der Waals surface area contributed by atoms with Gasteiger partial charge in [-0.15, -0.1) is 0 Å². The summed E-state index contributed by atoms with van der Waals surface area (Å²) in [5.74, 6) is 1.55. The van der Waals surface area contributed by atoms with Crippen molar-refractivity contribution in [1.29, 1.82) is 0 Å². The summed E-state index contributed by atoms with van der Waals surface area (Å²) in [6, 6.07) is 7.05. The van der Waals surface area contributed by atoms with Gasteiger partial charge >= 0.3 is 0 Å². The predicted molar refractivity (Wildman–Crippen MR) is 84.2 cm³/mol. The fourth-order valence-corrected chi connectivity index (χ4v) is 3.23. The van der Waals surface area contributed by atoms with Crippen molar-refractivity contribution in [2.45, 2.75) is 45.1 Å². The largest absolute Gasteiger partial charge is 0.490 e. The molecule has 3 atom stereocenters. The molecular weight excluding hydrogens is 264 g/mol. The van der Waals surface area contributed by atoms with E-state index in [2.05, 4.69) is 6.92 Å². The van der Waals surface area contributed by atoms with E-state index in [-0.39, 0.29) is 6.10 Å². The normalized spacial score (nSPS) is 25.5. The summed E-state index contributed by atoms with van der Waals surface area (Å²) >= 11 is 0. The zero-order chi connectivity index (χ0) is 15.2. The van der Waals surface area contributed by atoms with E-state index in [9.17, 15) is 4.79 Å². The molecule has 1 aliphatic rings. The number of carbonyl (C=O) groups is 1. The molecule has 21 heavy (non-hydrogen) atoms. The summed E-state index contributed by atoms with van der Waals surface area (Å²) in [5, 5.41) is 0. The summed E-state index contributed by atoms with van der Waals surface area (Å²) in [6.07, 6.45) is 6.14. The lowest BCUT2D eigenvalue weighted by molar-refractivity contribution is 0.0669. The van der Waals surface area contributed by atoms with Crippen molar-refractivity contribution in [3.8, 4) is 5.75 Å². The summed E-state index contributed by atoms with van der Waals surface area (Å²) in [7, 11) is 0. The topological polar surface area (TPSA) is 78.3 Å². The Balaban J connectivity index is 2.02. The Morgan fingerprint density at radius 1 is 1.29 bits per heavy atom. The zero-order valence-electron chi connectivity index (χ0n) is 12.8. The van der Waals surface area contributed by atoms with E-state index >= 15 is 0 Å². The smallest absolute Gasteiger partial charge is 0.248 e. The van der Waals surface area contributed by atoms with Crippen LogP contribution in [0, 0.1) is 11.8 Å². The Bertz CT molecular complexity index is 458. The van der Waals surface area contributed by atoms with Gasteiger partial charge in [0.15, 0.2) is 0 Å². The lowest BCUT2D eigenvalue weighted by Gasteiger charge is -2.35. The molecule has 116 valence electrons. The van der Waals surface area contributed by atoms with Gasteiger partial charge in [0.1, 0.15) is 11.9 Å². The van der Waals surface area contributed by atoms with Gasteiger partial charge in [0.05, 0.1) is 0 Å². The molecule has 1 fully saturated rings. The van der Waals surface area contributed by atoms with E-state index in [1.165, 1.54) is 19.3 Å². The maximum Gasteiger partial charge on any atom is 0.248 e. The molecule has 0 spiro atoms. The fourth-order valence-electron chi connectivity index (χ4n) is 3.23. The second-order valence-electron chi connectivity index (χ2n) is 6.01.